The van der Waals surface area contributed by atoms with E-state index in [0.717, 1.165) is 4.31 Å². The second-order valence-electron chi connectivity index (χ2n) is 4.43. The van der Waals surface area contributed by atoms with Gasteiger partial charge in [0.2, 0.25) is 0 Å². The number of aryl methyl sites for hydroxylation is 1. The van der Waals surface area contributed by atoms with Gasteiger partial charge in [-0.15, -0.1) is 0 Å². The van der Waals surface area contributed by atoms with E-state index in [1.807, 2.05) is 0 Å². The molecular formula is C13H17N3O4S. The van der Waals surface area contributed by atoms with E-state index in [-0.39, 0.29) is 10.6 Å². The van der Waals surface area contributed by atoms with Crippen molar-refractivity contribution >= 4 is 15.7 Å². The molecule has 1 aromatic carbocycles. The maximum Gasteiger partial charge on any atom is 0.267 e. The lowest BCUT2D eigenvalue weighted by Gasteiger charge is -2.21. The summed E-state index contributed by atoms with van der Waals surface area (Å²) in [7, 11) is -0.950. The van der Waals surface area contributed by atoms with Crippen LogP contribution < -0.4 is 9.04 Å². The van der Waals surface area contributed by atoms with Gasteiger partial charge in [0.15, 0.2) is 0 Å². The van der Waals surface area contributed by atoms with Gasteiger partial charge in [0.25, 0.3) is 10.0 Å². The molecule has 0 fully saturated rings. The molecule has 0 spiro atoms. The van der Waals surface area contributed by atoms with Crippen LogP contribution in [0.5, 0.6) is 5.75 Å². The van der Waals surface area contributed by atoms with Gasteiger partial charge < -0.3 is 9.84 Å². The van der Waals surface area contributed by atoms with Crippen LogP contribution in [0.3, 0.4) is 0 Å². The molecule has 21 heavy (non-hydrogen) atoms. The SMILES string of the molecule is COc1ccccc1N(C)S(=O)(=O)c1c(CO)n[nH]c1C. The minimum absolute atomic E-state index is 0.0154. The predicted molar refractivity (Wildman–Crippen MR) is 77.8 cm³/mol. The molecule has 0 amide bonds. The van der Waals surface area contributed by atoms with E-state index in [9.17, 15) is 13.5 Å². The van der Waals surface area contributed by atoms with E-state index >= 15 is 0 Å². The number of hydrogen-bond acceptors (Lipinski definition) is 5. The summed E-state index contributed by atoms with van der Waals surface area (Å²) in [6.07, 6.45) is 0. The van der Waals surface area contributed by atoms with Crippen molar-refractivity contribution in [1.29, 1.82) is 0 Å². The first kappa shape index (κ1) is 15.3. The van der Waals surface area contributed by atoms with Crippen molar-refractivity contribution in [1.82, 2.24) is 10.2 Å². The Kier molecular flexibility index (Phi) is 4.19. The third-order valence-electron chi connectivity index (χ3n) is 3.15. The van der Waals surface area contributed by atoms with Crippen molar-refractivity contribution in [2.24, 2.45) is 0 Å². The first-order chi connectivity index (χ1) is 9.93. The highest BCUT2D eigenvalue weighted by molar-refractivity contribution is 7.92. The maximum atomic E-state index is 12.8. The van der Waals surface area contributed by atoms with Gasteiger partial charge in [0, 0.05) is 7.05 Å². The van der Waals surface area contributed by atoms with Gasteiger partial charge >= 0.3 is 0 Å². The molecule has 0 aliphatic heterocycles. The van der Waals surface area contributed by atoms with E-state index in [4.69, 9.17) is 4.74 Å². The van der Waals surface area contributed by atoms with Crippen LogP contribution in [-0.4, -0.2) is 37.9 Å². The van der Waals surface area contributed by atoms with Crippen LogP contribution in [0, 0.1) is 6.92 Å². The van der Waals surface area contributed by atoms with Gasteiger partial charge in [-0.3, -0.25) is 9.40 Å². The molecule has 1 aromatic heterocycles. The molecular weight excluding hydrogens is 294 g/mol. The molecule has 0 radical (unpaired) electrons. The first-order valence-corrected chi connectivity index (χ1v) is 7.64. The smallest absolute Gasteiger partial charge is 0.267 e. The molecule has 114 valence electrons. The van der Waals surface area contributed by atoms with Crippen LogP contribution in [0.4, 0.5) is 5.69 Å². The number of aliphatic hydroxyl groups is 1. The third-order valence-corrected chi connectivity index (χ3v) is 5.13. The Balaban J connectivity index is 2.56. The van der Waals surface area contributed by atoms with Crippen LogP contribution in [0.2, 0.25) is 0 Å². The fourth-order valence-corrected chi connectivity index (χ4v) is 3.60. The number of rotatable bonds is 5. The summed E-state index contributed by atoms with van der Waals surface area (Å²) in [5.41, 5.74) is 0.875. The van der Waals surface area contributed by atoms with Crippen molar-refractivity contribution in [3.05, 3.63) is 35.7 Å². The Morgan fingerprint density at radius 2 is 2.05 bits per heavy atom. The van der Waals surface area contributed by atoms with E-state index in [0.29, 0.717) is 17.1 Å². The Bertz CT molecular complexity index is 740. The number of para-hydroxylation sites is 2. The van der Waals surface area contributed by atoms with Gasteiger partial charge in [-0.1, -0.05) is 12.1 Å². The summed E-state index contributed by atoms with van der Waals surface area (Å²) in [6, 6.07) is 6.80. The number of aliphatic hydroxyl groups excluding tert-OH is 1. The fraction of sp³-hybridized carbons (Fsp3) is 0.308. The Labute approximate surface area is 123 Å². The molecule has 0 bridgehead atoms. The summed E-state index contributed by atoms with van der Waals surface area (Å²) >= 11 is 0. The number of hydrogen-bond donors (Lipinski definition) is 2. The molecule has 8 heteroatoms. The molecule has 2 aromatic rings. The van der Waals surface area contributed by atoms with Gasteiger partial charge in [-0.05, 0) is 19.1 Å². The molecule has 0 saturated heterocycles. The molecule has 0 aliphatic rings. The van der Waals surface area contributed by atoms with Crippen molar-refractivity contribution < 1.29 is 18.3 Å². The monoisotopic (exact) mass is 311 g/mol. The molecule has 0 atom stereocenters. The van der Waals surface area contributed by atoms with Crippen molar-refractivity contribution in [3.63, 3.8) is 0 Å². The van der Waals surface area contributed by atoms with Crippen LogP contribution in [-0.2, 0) is 16.6 Å². The number of benzene rings is 1. The number of H-pyrrole nitrogens is 1. The van der Waals surface area contributed by atoms with E-state index < -0.39 is 16.6 Å². The molecule has 0 aliphatic carbocycles. The van der Waals surface area contributed by atoms with E-state index in [1.165, 1.54) is 14.2 Å². The van der Waals surface area contributed by atoms with Crippen molar-refractivity contribution in [2.45, 2.75) is 18.4 Å². The number of aromatic nitrogens is 2. The van der Waals surface area contributed by atoms with Gasteiger partial charge in [-0.25, -0.2) is 8.42 Å². The number of sulfonamides is 1. The van der Waals surface area contributed by atoms with E-state index in [2.05, 4.69) is 10.2 Å². The lowest BCUT2D eigenvalue weighted by molar-refractivity contribution is 0.273. The molecule has 2 rings (SSSR count). The normalized spacial score (nSPS) is 11.4. The number of nitrogens with zero attached hydrogens (tertiary/aromatic N) is 2. The number of methoxy groups -OCH3 is 1. The molecule has 2 N–H and O–H groups in total. The summed E-state index contributed by atoms with van der Waals surface area (Å²) < 4.78 is 31.8. The zero-order valence-corrected chi connectivity index (χ0v) is 12.8. The van der Waals surface area contributed by atoms with Crippen molar-refractivity contribution in [2.75, 3.05) is 18.5 Å². The zero-order valence-electron chi connectivity index (χ0n) is 12.0. The molecule has 0 saturated carbocycles. The Hall–Kier alpha value is -2.06. The fourth-order valence-electron chi connectivity index (χ4n) is 2.08. The topological polar surface area (TPSA) is 95.5 Å². The largest absolute Gasteiger partial charge is 0.495 e. The summed E-state index contributed by atoms with van der Waals surface area (Å²) in [5.74, 6) is 0.440. The number of anilines is 1. The lowest BCUT2D eigenvalue weighted by atomic mass is 10.3. The van der Waals surface area contributed by atoms with Gasteiger partial charge in [-0.2, -0.15) is 5.10 Å². The van der Waals surface area contributed by atoms with Gasteiger partial charge in [0.05, 0.1) is 25.1 Å². The average molecular weight is 311 g/mol. The highest BCUT2D eigenvalue weighted by Crippen LogP contribution is 2.32. The third kappa shape index (κ3) is 2.59. The molecule has 0 unspecified atom stereocenters. The van der Waals surface area contributed by atoms with Crippen LogP contribution >= 0.6 is 0 Å². The van der Waals surface area contributed by atoms with E-state index in [1.54, 1.807) is 31.2 Å². The standard InChI is InChI=1S/C13H17N3O4S/c1-9-13(10(8-17)15-14-9)21(18,19)16(2)11-6-4-5-7-12(11)20-3/h4-7,17H,8H2,1-3H3,(H,14,15). The number of nitrogens with one attached hydrogen (secondary N) is 1. The highest BCUT2D eigenvalue weighted by atomic mass is 32.2. The highest BCUT2D eigenvalue weighted by Gasteiger charge is 2.29. The Morgan fingerprint density at radius 1 is 1.38 bits per heavy atom. The summed E-state index contributed by atoms with van der Waals surface area (Å²) in [4.78, 5) is -0.0154. The summed E-state index contributed by atoms with van der Waals surface area (Å²) in [6.45, 7) is 1.13. The van der Waals surface area contributed by atoms with Crippen LogP contribution in [0.1, 0.15) is 11.4 Å². The zero-order chi connectivity index (χ0) is 15.6. The minimum atomic E-state index is -3.86. The summed E-state index contributed by atoms with van der Waals surface area (Å²) in [5, 5.41) is 15.6. The molecule has 1 heterocycles. The number of aromatic amines is 1. The molecule has 7 nitrogen and oxygen atoms in total. The maximum absolute atomic E-state index is 12.8. The van der Waals surface area contributed by atoms with Crippen LogP contribution in [0.25, 0.3) is 0 Å². The van der Waals surface area contributed by atoms with Crippen LogP contribution in [0.15, 0.2) is 29.2 Å². The second-order valence-corrected chi connectivity index (χ2v) is 6.33. The predicted octanol–water partition coefficient (Wildman–Crippen LogP) is 1.04. The van der Waals surface area contributed by atoms with Gasteiger partial charge in [0.1, 0.15) is 16.3 Å². The Morgan fingerprint density at radius 3 is 2.67 bits per heavy atom. The minimum Gasteiger partial charge on any atom is -0.495 e. The average Bonchev–Trinajstić information content (AvgIpc) is 2.88. The lowest BCUT2D eigenvalue weighted by Crippen LogP contribution is -2.28. The second kappa shape index (κ2) is 5.74. The number of ether oxygens (including phenoxy) is 1. The first-order valence-electron chi connectivity index (χ1n) is 6.20. The quantitative estimate of drug-likeness (QED) is 0.860. The van der Waals surface area contributed by atoms with Crippen molar-refractivity contribution in [3.8, 4) is 5.75 Å².